The fraction of sp³-hybridized carbons (Fsp3) is 0.455. The SMILES string of the molecule is Cc1cc(C(C)NC(=O)c2ccc(OCC(F)(F)F)nc2OCC(F)F)cc(NC(=O)C(C)C)n1. The molecule has 0 radical (unpaired) electrons. The Labute approximate surface area is 198 Å². The molecule has 8 nitrogen and oxygen atoms in total. The highest BCUT2D eigenvalue weighted by molar-refractivity contribution is 5.96. The molecule has 1 atom stereocenters. The first-order valence-electron chi connectivity index (χ1n) is 10.5. The van der Waals surface area contributed by atoms with Crippen LogP contribution in [0, 0.1) is 12.8 Å². The third-order valence-electron chi connectivity index (χ3n) is 4.41. The number of amides is 2. The van der Waals surface area contributed by atoms with E-state index in [0.29, 0.717) is 11.3 Å². The van der Waals surface area contributed by atoms with Crippen LogP contribution in [0.3, 0.4) is 0 Å². The van der Waals surface area contributed by atoms with Gasteiger partial charge in [-0.05, 0) is 37.6 Å². The number of hydrogen-bond donors (Lipinski definition) is 2. The van der Waals surface area contributed by atoms with Crippen molar-refractivity contribution in [1.29, 1.82) is 0 Å². The molecule has 2 N–H and O–H groups in total. The number of anilines is 1. The van der Waals surface area contributed by atoms with Crippen LogP contribution in [0.4, 0.5) is 27.8 Å². The van der Waals surface area contributed by atoms with Gasteiger partial charge in [-0.2, -0.15) is 18.2 Å². The van der Waals surface area contributed by atoms with Crippen molar-refractivity contribution in [3.63, 3.8) is 0 Å². The summed E-state index contributed by atoms with van der Waals surface area (Å²) in [5, 5.41) is 5.31. The van der Waals surface area contributed by atoms with Gasteiger partial charge in [0.05, 0.1) is 6.04 Å². The van der Waals surface area contributed by atoms with Crippen molar-refractivity contribution in [1.82, 2.24) is 15.3 Å². The van der Waals surface area contributed by atoms with Crippen LogP contribution in [0.2, 0.25) is 0 Å². The molecule has 0 aliphatic carbocycles. The van der Waals surface area contributed by atoms with E-state index in [9.17, 15) is 31.5 Å². The third kappa shape index (κ3) is 8.98. The van der Waals surface area contributed by atoms with Crippen LogP contribution in [-0.2, 0) is 4.79 Å². The number of alkyl halides is 5. The first-order chi connectivity index (χ1) is 16.2. The zero-order valence-corrected chi connectivity index (χ0v) is 19.4. The average molecular weight is 504 g/mol. The Morgan fingerprint density at radius 2 is 1.74 bits per heavy atom. The van der Waals surface area contributed by atoms with E-state index >= 15 is 0 Å². The van der Waals surface area contributed by atoms with Crippen molar-refractivity contribution >= 4 is 17.6 Å². The van der Waals surface area contributed by atoms with Gasteiger partial charge in [0.25, 0.3) is 12.3 Å². The van der Waals surface area contributed by atoms with Gasteiger partial charge in [0.15, 0.2) is 13.2 Å². The lowest BCUT2D eigenvalue weighted by molar-refractivity contribution is -0.154. The molecule has 2 aromatic heterocycles. The van der Waals surface area contributed by atoms with Crippen molar-refractivity contribution in [2.45, 2.75) is 46.3 Å². The quantitative estimate of drug-likeness (QED) is 0.464. The molecule has 13 heteroatoms. The predicted octanol–water partition coefficient (Wildman–Crippen LogP) is 4.46. The maximum atomic E-state index is 12.8. The molecular formula is C22H25F5N4O4. The van der Waals surface area contributed by atoms with Crippen molar-refractivity contribution in [2.75, 3.05) is 18.5 Å². The lowest BCUT2D eigenvalue weighted by Crippen LogP contribution is -2.28. The van der Waals surface area contributed by atoms with E-state index in [1.165, 1.54) is 0 Å². The molecule has 2 rings (SSSR count). The number of carbonyl (C=O) groups is 2. The second kappa shape index (κ2) is 11.8. The summed E-state index contributed by atoms with van der Waals surface area (Å²) >= 11 is 0. The first-order valence-corrected chi connectivity index (χ1v) is 10.5. The second-order valence-electron chi connectivity index (χ2n) is 7.87. The molecule has 35 heavy (non-hydrogen) atoms. The van der Waals surface area contributed by atoms with Gasteiger partial charge in [-0.3, -0.25) is 9.59 Å². The van der Waals surface area contributed by atoms with Crippen LogP contribution in [-0.4, -0.2) is 47.6 Å². The van der Waals surface area contributed by atoms with E-state index in [1.54, 1.807) is 39.8 Å². The number of halogens is 5. The van der Waals surface area contributed by atoms with Gasteiger partial charge < -0.3 is 20.1 Å². The monoisotopic (exact) mass is 504 g/mol. The van der Waals surface area contributed by atoms with E-state index < -0.39 is 49.5 Å². The molecule has 192 valence electrons. The minimum Gasteiger partial charge on any atom is -0.471 e. The molecule has 2 amide bonds. The summed E-state index contributed by atoms with van der Waals surface area (Å²) in [4.78, 5) is 32.7. The molecule has 0 bridgehead atoms. The third-order valence-corrected chi connectivity index (χ3v) is 4.41. The maximum Gasteiger partial charge on any atom is 0.422 e. The Morgan fingerprint density at radius 1 is 1.06 bits per heavy atom. The topological polar surface area (TPSA) is 102 Å². The average Bonchev–Trinajstić information content (AvgIpc) is 2.75. The van der Waals surface area contributed by atoms with Crippen molar-refractivity contribution in [3.8, 4) is 11.8 Å². The molecule has 2 heterocycles. The number of pyridine rings is 2. The number of nitrogens with zero attached hydrogens (tertiary/aromatic N) is 2. The van der Waals surface area contributed by atoms with Gasteiger partial charge in [0.2, 0.25) is 17.7 Å². The number of ether oxygens (including phenoxy) is 2. The standard InChI is InChI=1S/C22H25F5N4O4/c1-11(2)19(32)30-17-8-14(7-12(3)28-17)13(4)29-20(33)15-5-6-18(35-10-22(25,26)27)31-21(15)34-9-16(23)24/h5-8,11,13,16H,9-10H2,1-4H3,(H,29,33)(H,28,30,32). The highest BCUT2D eigenvalue weighted by atomic mass is 19.4. The normalized spacial score (nSPS) is 12.4. The Morgan fingerprint density at radius 3 is 2.34 bits per heavy atom. The van der Waals surface area contributed by atoms with Crippen LogP contribution in [0.1, 0.15) is 48.4 Å². The van der Waals surface area contributed by atoms with Crippen molar-refractivity contribution in [3.05, 3.63) is 41.1 Å². The van der Waals surface area contributed by atoms with Gasteiger partial charge in [0, 0.05) is 17.7 Å². The van der Waals surface area contributed by atoms with E-state index in [2.05, 4.69) is 25.3 Å². The zero-order valence-electron chi connectivity index (χ0n) is 19.4. The number of hydrogen-bond acceptors (Lipinski definition) is 6. The summed E-state index contributed by atoms with van der Waals surface area (Å²) < 4.78 is 71.8. The summed E-state index contributed by atoms with van der Waals surface area (Å²) in [7, 11) is 0. The van der Waals surface area contributed by atoms with Gasteiger partial charge in [-0.15, -0.1) is 0 Å². The summed E-state index contributed by atoms with van der Waals surface area (Å²) in [6.07, 6.45) is -7.56. The largest absolute Gasteiger partial charge is 0.471 e. The number of aromatic nitrogens is 2. The van der Waals surface area contributed by atoms with Crippen LogP contribution >= 0.6 is 0 Å². The number of aryl methyl sites for hydroxylation is 1. The molecule has 0 saturated heterocycles. The van der Waals surface area contributed by atoms with Crippen LogP contribution < -0.4 is 20.1 Å². The zero-order chi connectivity index (χ0) is 26.3. The molecule has 0 saturated carbocycles. The van der Waals surface area contributed by atoms with E-state index in [1.807, 2.05) is 0 Å². The summed E-state index contributed by atoms with van der Waals surface area (Å²) in [5.41, 5.74) is 0.866. The van der Waals surface area contributed by atoms with Crippen molar-refractivity contribution < 1.29 is 41.0 Å². The summed E-state index contributed by atoms with van der Waals surface area (Å²) in [6.45, 7) is 3.98. The highest BCUT2D eigenvalue weighted by Gasteiger charge is 2.29. The minimum atomic E-state index is -4.65. The van der Waals surface area contributed by atoms with Crippen molar-refractivity contribution in [2.24, 2.45) is 5.92 Å². The molecule has 0 aliphatic heterocycles. The second-order valence-corrected chi connectivity index (χ2v) is 7.87. The molecule has 0 spiro atoms. The Hall–Kier alpha value is -3.51. The summed E-state index contributed by atoms with van der Waals surface area (Å²) in [5.74, 6) is -2.17. The molecule has 0 aliphatic rings. The molecule has 0 fully saturated rings. The smallest absolute Gasteiger partial charge is 0.422 e. The van der Waals surface area contributed by atoms with Crippen LogP contribution in [0.15, 0.2) is 24.3 Å². The minimum absolute atomic E-state index is 0.245. The Kier molecular flexibility index (Phi) is 9.32. The fourth-order valence-corrected chi connectivity index (χ4v) is 2.72. The van der Waals surface area contributed by atoms with Gasteiger partial charge in [-0.1, -0.05) is 13.8 Å². The van der Waals surface area contributed by atoms with E-state index in [4.69, 9.17) is 4.74 Å². The molecule has 2 aromatic rings. The lowest BCUT2D eigenvalue weighted by Gasteiger charge is -2.18. The highest BCUT2D eigenvalue weighted by Crippen LogP contribution is 2.25. The van der Waals surface area contributed by atoms with E-state index in [-0.39, 0.29) is 23.2 Å². The molecule has 1 unspecified atom stereocenters. The lowest BCUT2D eigenvalue weighted by atomic mass is 10.1. The summed E-state index contributed by atoms with van der Waals surface area (Å²) in [6, 6.07) is 4.67. The Bertz CT molecular complexity index is 1050. The van der Waals surface area contributed by atoms with Crippen LogP contribution in [0.25, 0.3) is 0 Å². The first kappa shape index (κ1) is 27.7. The fourth-order valence-electron chi connectivity index (χ4n) is 2.72. The van der Waals surface area contributed by atoms with Gasteiger partial charge in [-0.25, -0.2) is 13.8 Å². The van der Waals surface area contributed by atoms with E-state index in [0.717, 1.165) is 12.1 Å². The number of rotatable bonds is 10. The van der Waals surface area contributed by atoms with Gasteiger partial charge in [0.1, 0.15) is 11.4 Å². The Balaban J connectivity index is 2.24. The molecular weight excluding hydrogens is 479 g/mol. The molecule has 0 aromatic carbocycles. The predicted molar refractivity (Wildman–Crippen MR) is 116 cm³/mol. The maximum absolute atomic E-state index is 12.8. The van der Waals surface area contributed by atoms with Gasteiger partial charge >= 0.3 is 6.18 Å². The van der Waals surface area contributed by atoms with Crippen LogP contribution in [0.5, 0.6) is 11.8 Å². The number of nitrogens with one attached hydrogen (secondary N) is 2. The number of carbonyl (C=O) groups excluding carboxylic acids is 2.